The zero-order chi connectivity index (χ0) is 46.7. The van der Waals surface area contributed by atoms with E-state index in [9.17, 15) is 29.5 Å². The molecule has 64 heavy (non-hydrogen) atoms. The standard InChI is InChI=1S/C50H61ClN6O6S/c1-29(32-18-20-33(21-19-32)41-30(2)53-28-64-41)54-44(61)39-24-36(58)27-57(39)45(62)42(48(3,4)5)55-40(59)13-11-10-12-31-14-16-34(17-15-31)43(60)56-46-49(6,7)47(50(46,8)9)63-37-23-22-35(26-52)38(51)25-37/h14-23,25,28-29,36,39,42,46-47,58H,10-13,24,27H2,1-9H3,(H,54,61)(H,55,59)(H,56,60)/t29?,36-,39+,42-,46?,47?/m1/s1. The number of carbonyl (C=O) groups is 4. The Labute approximate surface area is 386 Å². The summed E-state index contributed by atoms with van der Waals surface area (Å²) in [5, 5.41) is 29.4. The fraction of sp³-hybridized carbons (Fsp3) is 0.480. The molecule has 0 bridgehead atoms. The Morgan fingerprint density at radius 2 is 1.67 bits per heavy atom. The number of amides is 4. The van der Waals surface area contributed by atoms with Crippen molar-refractivity contribution in [1.29, 1.82) is 5.26 Å². The Morgan fingerprint density at radius 3 is 2.27 bits per heavy atom. The van der Waals surface area contributed by atoms with Gasteiger partial charge >= 0.3 is 0 Å². The van der Waals surface area contributed by atoms with Gasteiger partial charge in [0.2, 0.25) is 17.7 Å². The van der Waals surface area contributed by atoms with Gasteiger partial charge in [0.25, 0.3) is 5.91 Å². The van der Waals surface area contributed by atoms with Gasteiger partial charge in [-0.3, -0.25) is 19.2 Å². The molecule has 12 nitrogen and oxygen atoms in total. The Kier molecular flexibility index (Phi) is 14.6. The van der Waals surface area contributed by atoms with E-state index in [-0.39, 0.29) is 55.3 Å². The van der Waals surface area contributed by atoms with E-state index in [1.165, 1.54) is 4.90 Å². The van der Waals surface area contributed by atoms with E-state index in [1.807, 2.05) is 88.7 Å². The average Bonchev–Trinajstić information content (AvgIpc) is 3.87. The first-order chi connectivity index (χ1) is 30.1. The molecule has 0 spiro atoms. The summed E-state index contributed by atoms with van der Waals surface area (Å²) < 4.78 is 6.36. The first-order valence-corrected chi connectivity index (χ1v) is 23.2. The van der Waals surface area contributed by atoms with E-state index in [4.69, 9.17) is 16.3 Å². The summed E-state index contributed by atoms with van der Waals surface area (Å²) in [6.07, 6.45) is 1.24. The van der Waals surface area contributed by atoms with Crippen LogP contribution in [-0.2, 0) is 20.8 Å². The lowest BCUT2D eigenvalue weighted by molar-refractivity contribution is -0.164. The zero-order valence-electron chi connectivity index (χ0n) is 38.3. The van der Waals surface area contributed by atoms with Crippen molar-refractivity contribution in [1.82, 2.24) is 25.8 Å². The van der Waals surface area contributed by atoms with Crippen molar-refractivity contribution in [3.63, 3.8) is 0 Å². The minimum Gasteiger partial charge on any atom is -0.489 e. The van der Waals surface area contributed by atoms with Crippen LogP contribution in [0.15, 0.2) is 72.2 Å². The lowest BCUT2D eigenvalue weighted by Gasteiger charge is -2.63. The third-order valence-electron chi connectivity index (χ3n) is 12.8. The van der Waals surface area contributed by atoms with Crippen molar-refractivity contribution in [3.8, 4) is 22.3 Å². The van der Waals surface area contributed by atoms with E-state index in [0.717, 1.165) is 33.7 Å². The second-order valence-corrected chi connectivity index (χ2v) is 20.8. The van der Waals surface area contributed by atoms with Crippen LogP contribution in [0.5, 0.6) is 5.75 Å². The van der Waals surface area contributed by atoms with Crippen LogP contribution < -0.4 is 20.7 Å². The van der Waals surface area contributed by atoms with Gasteiger partial charge in [0.15, 0.2) is 0 Å². The minimum absolute atomic E-state index is 0.000157. The highest BCUT2D eigenvalue weighted by molar-refractivity contribution is 7.13. The number of aromatic nitrogens is 1. The number of β-amino-alcohol motifs (C(OH)–C–C–N with tert-alkyl or cyclic N) is 1. The average molecular weight is 910 g/mol. The van der Waals surface area contributed by atoms with E-state index in [2.05, 4.69) is 54.7 Å². The summed E-state index contributed by atoms with van der Waals surface area (Å²) in [6.45, 7) is 17.7. The minimum atomic E-state index is -0.907. The molecular weight excluding hydrogens is 848 g/mol. The van der Waals surface area contributed by atoms with Crippen LogP contribution in [0.1, 0.15) is 120 Å². The van der Waals surface area contributed by atoms with Crippen LogP contribution in [0.4, 0.5) is 0 Å². The number of nitrogens with one attached hydrogen (secondary N) is 3. The van der Waals surface area contributed by atoms with Crippen LogP contribution in [0.25, 0.3) is 10.4 Å². The van der Waals surface area contributed by atoms with Gasteiger partial charge in [0.05, 0.1) is 38.8 Å². The number of carbonyl (C=O) groups excluding carboxylic acids is 4. The topological polar surface area (TPSA) is 174 Å². The number of unbranched alkanes of at least 4 members (excludes halogenated alkanes) is 1. The maximum absolute atomic E-state index is 14.1. The van der Waals surface area contributed by atoms with Gasteiger partial charge in [-0.05, 0) is 79.5 Å². The fourth-order valence-corrected chi connectivity index (χ4v) is 10.5. The first kappa shape index (κ1) is 48.2. The van der Waals surface area contributed by atoms with Gasteiger partial charge in [-0.1, -0.05) is 96.5 Å². The van der Waals surface area contributed by atoms with Crippen LogP contribution >= 0.6 is 22.9 Å². The maximum atomic E-state index is 14.1. The number of rotatable bonds is 15. The number of hydrogen-bond donors (Lipinski definition) is 4. The summed E-state index contributed by atoms with van der Waals surface area (Å²) in [6, 6.07) is 20.2. The Balaban J connectivity index is 0.969. The van der Waals surface area contributed by atoms with Gasteiger partial charge in [-0.15, -0.1) is 11.3 Å². The van der Waals surface area contributed by atoms with Gasteiger partial charge < -0.3 is 30.7 Å². The van der Waals surface area contributed by atoms with Crippen molar-refractivity contribution in [2.45, 2.75) is 131 Å². The fourth-order valence-electron chi connectivity index (χ4n) is 9.50. The molecule has 340 valence electrons. The monoisotopic (exact) mass is 908 g/mol. The van der Waals surface area contributed by atoms with Crippen molar-refractivity contribution in [2.75, 3.05) is 6.54 Å². The number of aryl methyl sites for hydroxylation is 2. The molecule has 4 atom stereocenters. The predicted octanol–water partition coefficient (Wildman–Crippen LogP) is 8.34. The molecule has 3 aromatic carbocycles. The second kappa shape index (κ2) is 19.4. The van der Waals surface area contributed by atoms with Crippen LogP contribution in [0.3, 0.4) is 0 Å². The van der Waals surface area contributed by atoms with E-state index in [0.29, 0.717) is 34.7 Å². The highest BCUT2D eigenvalue weighted by Crippen LogP contribution is 2.55. The normalized spacial score (nSPS) is 20.9. The summed E-state index contributed by atoms with van der Waals surface area (Å²) in [5.41, 5.74) is 5.25. The van der Waals surface area contributed by atoms with Gasteiger partial charge in [0.1, 0.15) is 30.0 Å². The number of halogens is 1. The summed E-state index contributed by atoms with van der Waals surface area (Å²) in [4.78, 5) is 61.4. The molecule has 2 fully saturated rings. The SMILES string of the molecule is Cc1ncsc1-c1ccc(C(C)NC(=O)[C@@H]2C[C@@H](O)CN2C(=O)[C@@H](NC(=O)CCCCc2ccc(C(=O)NC3C(C)(C)C(Oc4ccc(C#N)c(Cl)c4)C3(C)C)cc2)C(C)(C)C)cc1. The molecule has 2 heterocycles. The molecule has 1 aliphatic carbocycles. The molecule has 14 heteroatoms. The quantitative estimate of drug-likeness (QED) is 0.0862. The number of benzene rings is 3. The Bertz CT molecular complexity index is 2370. The van der Waals surface area contributed by atoms with Crippen LogP contribution in [0.2, 0.25) is 5.02 Å². The number of aliphatic hydroxyl groups is 1. The molecule has 4 amide bonds. The lowest BCUT2D eigenvalue weighted by atomic mass is 9.49. The second-order valence-electron chi connectivity index (χ2n) is 19.6. The highest BCUT2D eigenvalue weighted by atomic mass is 35.5. The van der Waals surface area contributed by atoms with Crippen molar-refractivity contribution in [2.24, 2.45) is 16.2 Å². The molecule has 6 rings (SSSR count). The first-order valence-electron chi connectivity index (χ1n) is 22.0. The molecule has 1 saturated carbocycles. The Morgan fingerprint density at radius 1 is 1.00 bits per heavy atom. The number of nitrogens with zero attached hydrogens (tertiary/aromatic N) is 3. The Hall–Kier alpha value is -5.29. The molecular formula is C50H61ClN6O6S. The molecule has 1 unspecified atom stereocenters. The largest absolute Gasteiger partial charge is 0.489 e. The number of hydrogen-bond acceptors (Lipinski definition) is 9. The number of likely N-dealkylation sites (tertiary alicyclic amines) is 1. The molecule has 4 N–H and O–H groups in total. The number of aliphatic hydroxyl groups excluding tert-OH is 1. The van der Waals surface area contributed by atoms with Gasteiger partial charge in [-0.25, -0.2) is 4.98 Å². The summed E-state index contributed by atoms with van der Waals surface area (Å²) >= 11 is 7.82. The third kappa shape index (κ3) is 10.6. The number of thiazole rings is 1. The zero-order valence-corrected chi connectivity index (χ0v) is 39.8. The third-order valence-corrected chi connectivity index (χ3v) is 14.1. The van der Waals surface area contributed by atoms with E-state index >= 15 is 0 Å². The summed E-state index contributed by atoms with van der Waals surface area (Å²) in [7, 11) is 0. The van der Waals surface area contributed by atoms with Crippen molar-refractivity contribution in [3.05, 3.63) is 105 Å². The lowest BCUT2D eigenvalue weighted by Crippen LogP contribution is -2.74. The summed E-state index contributed by atoms with van der Waals surface area (Å²) in [5.74, 6) is -0.619. The molecule has 1 saturated heterocycles. The van der Waals surface area contributed by atoms with E-state index in [1.54, 1.807) is 29.5 Å². The van der Waals surface area contributed by atoms with Crippen LogP contribution in [-0.4, -0.2) is 75.5 Å². The highest BCUT2D eigenvalue weighted by Gasteiger charge is 2.64. The number of ether oxygens (including phenoxy) is 1. The number of nitriles is 1. The maximum Gasteiger partial charge on any atom is 0.251 e. The molecule has 1 aliphatic heterocycles. The van der Waals surface area contributed by atoms with Crippen molar-refractivity contribution < 1.29 is 29.0 Å². The van der Waals surface area contributed by atoms with Crippen molar-refractivity contribution >= 4 is 46.6 Å². The van der Waals surface area contributed by atoms with Crippen LogP contribution in [0, 0.1) is 34.5 Å². The van der Waals surface area contributed by atoms with Gasteiger partial charge in [-0.2, -0.15) is 5.26 Å². The van der Waals surface area contributed by atoms with E-state index < -0.39 is 40.3 Å². The predicted molar refractivity (Wildman–Crippen MR) is 250 cm³/mol. The molecule has 1 aromatic heterocycles. The van der Waals surface area contributed by atoms with Gasteiger partial charge in [0, 0.05) is 47.9 Å². The smallest absolute Gasteiger partial charge is 0.251 e. The molecule has 0 radical (unpaired) electrons. The molecule has 2 aliphatic rings. The molecule has 4 aromatic rings.